The molecule has 2 aromatic heterocycles. The highest BCUT2D eigenvalue weighted by Crippen LogP contribution is 2.22. The summed E-state index contributed by atoms with van der Waals surface area (Å²) in [7, 11) is 0. The molecule has 0 aliphatic carbocycles. The number of aryl methyl sites for hydroxylation is 1. The van der Waals surface area contributed by atoms with E-state index >= 15 is 0 Å². The van der Waals surface area contributed by atoms with Crippen LogP contribution < -0.4 is 5.32 Å². The molecule has 3 aromatic rings. The number of fused-ring (bicyclic) bond motifs is 1. The van der Waals surface area contributed by atoms with Gasteiger partial charge in [0.05, 0.1) is 18.0 Å². The second-order valence-corrected chi connectivity index (χ2v) is 4.06. The second kappa shape index (κ2) is 4.03. The van der Waals surface area contributed by atoms with Crippen LogP contribution in [0.25, 0.3) is 10.9 Å². The van der Waals surface area contributed by atoms with Gasteiger partial charge in [-0.05, 0) is 36.8 Å². The number of rotatable bonds is 2. The molecule has 5 nitrogen and oxygen atoms in total. The van der Waals surface area contributed by atoms with Crippen molar-refractivity contribution < 1.29 is 9.21 Å². The number of hydrogen-bond acceptors (Lipinski definition) is 3. The molecule has 3 rings (SSSR count). The molecule has 5 heteroatoms. The standard InChI is InChI=1S/C13H11N3O2/c1-8-5-11-9(7-14-16-11)6-10(8)15-13(17)12-3-2-4-18-12/h2-7H,1H3,(H,14,16)(H,15,17). The maximum Gasteiger partial charge on any atom is 0.291 e. The third-order valence-corrected chi connectivity index (χ3v) is 2.78. The number of hydrogen-bond donors (Lipinski definition) is 2. The molecule has 0 atom stereocenters. The average Bonchev–Trinajstić information content (AvgIpc) is 2.98. The Labute approximate surface area is 103 Å². The van der Waals surface area contributed by atoms with Gasteiger partial charge in [-0.2, -0.15) is 5.10 Å². The van der Waals surface area contributed by atoms with Crippen molar-refractivity contribution in [1.82, 2.24) is 10.2 Å². The zero-order valence-electron chi connectivity index (χ0n) is 9.73. The summed E-state index contributed by atoms with van der Waals surface area (Å²) in [5.41, 5.74) is 2.67. The molecule has 0 fully saturated rings. The number of nitrogens with one attached hydrogen (secondary N) is 2. The van der Waals surface area contributed by atoms with Gasteiger partial charge in [-0.15, -0.1) is 0 Å². The van der Waals surface area contributed by atoms with Crippen LogP contribution in [-0.4, -0.2) is 16.1 Å². The van der Waals surface area contributed by atoms with E-state index in [1.807, 2.05) is 19.1 Å². The van der Waals surface area contributed by atoms with Crippen molar-refractivity contribution >= 4 is 22.5 Å². The van der Waals surface area contributed by atoms with Crippen LogP contribution >= 0.6 is 0 Å². The van der Waals surface area contributed by atoms with E-state index in [2.05, 4.69) is 15.5 Å². The molecule has 1 aromatic carbocycles. The predicted molar refractivity (Wildman–Crippen MR) is 67.5 cm³/mol. The molecule has 0 saturated carbocycles. The molecule has 0 unspecified atom stereocenters. The zero-order valence-corrected chi connectivity index (χ0v) is 9.73. The van der Waals surface area contributed by atoms with Crippen LogP contribution in [-0.2, 0) is 0 Å². The quantitative estimate of drug-likeness (QED) is 0.724. The van der Waals surface area contributed by atoms with E-state index in [0.29, 0.717) is 5.76 Å². The highest BCUT2D eigenvalue weighted by atomic mass is 16.3. The smallest absolute Gasteiger partial charge is 0.291 e. The van der Waals surface area contributed by atoms with Gasteiger partial charge in [-0.25, -0.2) is 0 Å². The van der Waals surface area contributed by atoms with E-state index in [0.717, 1.165) is 22.2 Å². The van der Waals surface area contributed by atoms with Gasteiger partial charge in [-0.3, -0.25) is 9.89 Å². The van der Waals surface area contributed by atoms with Gasteiger partial charge in [0, 0.05) is 11.1 Å². The van der Waals surface area contributed by atoms with Gasteiger partial charge < -0.3 is 9.73 Å². The minimum absolute atomic E-state index is 0.258. The van der Waals surface area contributed by atoms with Gasteiger partial charge in [0.25, 0.3) is 5.91 Å². The van der Waals surface area contributed by atoms with Gasteiger partial charge in [0.1, 0.15) is 0 Å². The number of nitrogens with zero attached hydrogens (tertiary/aromatic N) is 1. The molecule has 0 aliphatic rings. The van der Waals surface area contributed by atoms with Crippen molar-refractivity contribution in [3.05, 3.63) is 48.0 Å². The lowest BCUT2D eigenvalue weighted by Gasteiger charge is -2.07. The van der Waals surface area contributed by atoms with Crippen molar-refractivity contribution in [2.75, 3.05) is 5.32 Å². The highest BCUT2D eigenvalue weighted by molar-refractivity contribution is 6.03. The molecule has 0 bridgehead atoms. The molecule has 0 radical (unpaired) electrons. The van der Waals surface area contributed by atoms with Gasteiger partial charge >= 0.3 is 0 Å². The Hall–Kier alpha value is -2.56. The molecule has 0 aliphatic heterocycles. The lowest BCUT2D eigenvalue weighted by Crippen LogP contribution is -2.11. The highest BCUT2D eigenvalue weighted by Gasteiger charge is 2.11. The van der Waals surface area contributed by atoms with Crippen LogP contribution in [0, 0.1) is 6.92 Å². The van der Waals surface area contributed by atoms with Gasteiger partial charge in [0.2, 0.25) is 0 Å². The molecule has 90 valence electrons. The van der Waals surface area contributed by atoms with Crippen LogP contribution in [0.1, 0.15) is 16.1 Å². The Bertz CT molecular complexity index is 698. The van der Waals surface area contributed by atoms with Gasteiger partial charge in [-0.1, -0.05) is 0 Å². The lowest BCUT2D eigenvalue weighted by molar-refractivity contribution is 0.0996. The Morgan fingerprint density at radius 1 is 1.44 bits per heavy atom. The van der Waals surface area contributed by atoms with Crippen LogP contribution in [0.15, 0.2) is 41.1 Å². The summed E-state index contributed by atoms with van der Waals surface area (Å²) in [5.74, 6) is 0.0348. The van der Waals surface area contributed by atoms with Crippen molar-refractivity contribution in [2.24, 2.45) is 0 Å². The number of aromatic nitrogens is 2. The van der Waals surface area contributed by atoms with Crippen molar-refractivity contribution in [2.45, 2.75) is 6.92 Å². The van der Waals surface area contributed by atoms with Crippen LogP contribution in [0.4, 0.5) is 5.69 Å². The third-order valence-electron chi connectivity index (χ3n) is 2.78. The second-order valence-electron chi connectivity index (χ2n) is 4.06. The summed E-state index contributed by atoms with van der Waals surface area (Å²) >= 11 is 0. The first-order valence-electron chi connectivity index (χ1n) is 5.52. The van der Waals surface area contributed by atoms with Crippen LogP contribution in [0.2, 0.25) is 0 Å². The number of aromatic amines is 1. The van der Waals surface area contributed by atoms with E-state index in [1.165, 1.54) is 6.26 Å². The first-order chi connectivity index (χ1) is 8.74. The predicted octanol–water partition coefficient (Wildman–Crippen LogP) is 2.72. The Morgan fingerprint density at radius 3 is 3.11 bits per heavy atom. The summed E-state index contributed by atoms with van der Waals surface area (Å²) in [6, 6.07) is 7.14. The number of carbonyl (C=O) groups is 1. The van der Waals surface area contributed by atoms with E-state index in [1.54, 1.807) is 18.3 Å². The monoisotopic (exact) mass is 241 g/mol. The number of H-pyrrole nitrogens is 1. The minimum atomic E-state index is -0.258. The lowest BCUT2D eigenvalue weighted by atomic mass is 10.1. The number of carbonyl (C=O) groups excluding carboxylic acids is 1. The fraction of sp³-hybridized carbons (Fsp3) is 0.0769. The molecular formula is C13H11N3O2. The molecule has 1 amide bonds. The van der Waals surface area contributed by atoms with E-state index in [4.69, 9.17) is 4.42 Å². The summed E-state index contributed by atoms with van der Waals surface area (Å²) in [6.07, 6.45) is 3.19. The SMILES string of the molecule is Cc1cc2[nH]ncc2cc1NC(=O)c1ccco1. The molecule has 0 saturated heterocycles. The van der Waals surface area contributed by atoms with Gasteiger partial charge in [0.15, 0.2) is 5.76 Å². The third kappa shape index (κ3) is 1.75. The zero-order chi connectivity index (χ0) is 12.5. The number of furan rings is 1. The summed E-state index contributed by atoms with van der Waals surface area (Å²) in [5, 5.41) is 10.6. The fourth-order valence-electron chi connectivity index (χ4n) is 1.83. The molecular weight excluding hydrogens is 230 g/mol. The molecule has 18 heavy (non-hydrogen) atoms. The molecule has 0 spiro atoms. The summed E-state index contributed by atoms with van der Waals surface area (Å²) in [4.78, 5) is 11.9. The largest absolute Gasteiger partial charge is 0.459 e. The van der Waals surface area contributed by atoms with E-state index in [-0.39, 0.29) is 5.91 Å². The maximum absolute atomic E-state index is 11.9. The van der Waals surface area contributed by atoms with Crippen molar-refractivity contribution in [3.8, 4) is 0 Å². The van der Waals surface area contributed by atoms with Crippen LogP contribution in [0.3, 0.4) is 0 Å². The number of amides is 1. The Balaban J connectivity index is 1.94. The van der Waals surface area contributed by atoms with E-state index in [9.17, 15) is 4.79 Å². The van der Waals surface area contributed by atoms with Crippen molar-refractivity contribution in [3.63, 3.8) is 0 Å². The summed E-state index contributed by atoms with van der Waals surface area (Å²) in [6.45, 7) is 1.93. The van der Waals surface area contributed by atoms with Crippen molar-refractivity contribution in [1.29, 1.82) is 0 Å². The fourth-order valence-corrected chi connectivity index (χ4v) is 1.83. The average molecular weight is 241 g/mol. The van der Waals surface area contributed by atoms with E-state index < -0.39 is 0 Å². The molecule has 2 heterocycles. The Morgan fingerprint density at radius 2 is 2.33 bits per heavy atom. The number of anilines is 1. The van der Waals surface area contributed by atoms with Crippen LogP contribution in [0.5, 0.6) is 0 Å². The minimum Gasteiger partial charge on any atom is -0.459 e. The normalized spacial score (nSPS) is 10.7. The topological polar surface area (TPSA) is 70.9 Å². The number of benzene rings is 1. The summed E-state index contributed by atoms with van der Waals surface area (Å²) < 4.78 is 5.05. The molecule has 2 N–H and O–H groups in total. The Kier molecular flexibility index (Phi) is 2.37. The first kappa shape index (κ1) is 10.6. The first-order valence-corrected chi connectivity index (χ1v) is 5.52. The maximum atomic E-state index is 11.9.